The van der Waals surface area contributed by atoms with Gasteiger partial charge in [0.1, 0.15) is 0 Å². The molecule has 0 spiro atoms. The molecule has 0 saturated carbocycles. The molecule has 24 heavy (non-hydrogen) atoms. The summed E-state index contributed by atoms with van der Waals surface area (Å²) in [5.41, 5.74) is 3.80. The van der Waals surface area contributed by atoms with Crippen LogP contribution in [0.15, 0.2) is 42.5 Å². The smallest absolute Gasteiger partial charge is 0.160 e. The molecule has 0 fully saturated rings. The first kappa shape index (κ1) is 16.8. The fraction of sp³-hybridized carbons (Fsp3) is 0.400. The van der Waals surface area contributed by atoms with Crippen molar-refractivity contribution in [3.8, 4) is 11.5 Å². The Balaban J connectivity index is 1.84. The van der Waals surface area contributed by atoms with E-state index in [-0.39, 0.29) is 12.4 Å². The lowest BCUT2D eigenvalue weighted by Gasteiger charge is -2.35. The van der Waals surface area contributed by atoms with Crippen LogP contribution in [0.2, 0.25) is 0 Å². The Hall–Kier alpha value is -2.04. The summed E-state index contributed by atoms with van der Waals surface area (Å²) in [5.74, 6) is 0.637. The van der Waals surface area contributed by atoms with Gasteiger partial charge in [-0.2, -0.15) is 0 Å². The highest BCUT2D eigenvalue weighted by Crippen LogP contribution is 2.35. The van der Waals surface area contributed by atoms with Gasteiger partial charge in [0.05, 0.1) is 13.7 Å². The maximum absolute atomic E-state index is 10.0. The number of benzene rings is 2. The minimum absolute atomic E-state index is 0.126. The molecular formula is C20H25NO3. The molecule has 0 radical (unpaired) electrons. The number of hydrogen-bond donors (Lipinski definition) is 2. The lowest BCUT2D eigenvalue weighted by atomic mass is 9.86. The van der Waals surface area contributed by atoms with Crippen molar-refractivity contribution < 1.29 is 14.9 Å². The molecule has 4 heteroatoms. The minimum Gasteiger partial charge on any atom is -0.504 e. The summed E-state index contributed by atoms with van der Waals surface area (Å²) in [4.78, 5) is 2.30. The van der Waals surface area contributed by atoms with Crippen molar-refractivity contribution in [2.24, 2.45) is 0 Å². The molecular weight excluding hydrogens is 302 g/mol. The van der Waals surface area contributed by atoms with Crippen molar-refractivity contribution in [2.75, 3.05) is 20.3 Å². The summed E-state index contributed by atoms with van der Waals surface area (Å²) in [6, 6.07) is 14.4. The fourth-order valence-electron chi connectivity index (χ4n) is 3.65. The summed E-state index contributed by atoms with van der Waals surface area (Å²) in [7, 11) is 1.55. The number of aliphatic hydroxyl groups excluding tert-OH is 1. The van der Waals surface area contributed by atoms with E-state index in [1.54, 1.807) is 19.2 Å². The van der Waals surface area contributed by atoms with Crippen molar-refractivity contribution in [3.63, 3.8) is 0 Å². The van der Waals surface area contributed by atoms with Gasteiger partial charge in [-0.15, -0.1) is 0 Å². The summed E-state index contributed by atoms with van der Waals surface area (Å²) >= 11 is 0. The van der Waals surface area contributed by atoms with Gasteiger partial charge in [0.25, 0.3) is 0 Å². The molecule has 1 atom stereocenters. The fourth-order valence-corrected chi connectivity index (χ4v) is 3.65. The van der Waals surface area contributed by atoms with Crippen LogP contribution in [0.25, 0.3) is 0 Å². The van der Waals surface area contributed by atoms with Gasteiger partial charge >= 0.3 is 0 Å². The number of fused-ring (bicyclic) bond motifs is 1. The third-order valence-corrected chi connectivity index (χ3v) is 4.79. The van der Waals surface area contributed by atoms with Crippen LogP contribution in [0.3, 0.4) is 0 Å². The third-order valence-electron chi connectivity index (χ3n) is 4.79. The van der Waals surface area contributed by atoms with Crippen molar-refractivity contribution >= 4 is 0 Å². The summed E-state index contributed by atoms with van der Waals surface area (Å²) in [5, 5.41) is 19.5. The Morgan fingerprint density at radius 2 is 2.04 bits per heavy atom. The third kappa shape index (κ3) is 3.55. The number of aliphatic hydroxyl groups is 1. The maximum Gasteiger partial charge on any atom is 0.160 e. The second-order valence-corrected chi connectivity index (χ2v) is 6.31. The lowest BCUT2D eigenvalue weighted by Crippen LogP contribution is -2.33. The van der Waals surface area contributed by atoms with E-state index in [0.717, 1.165) is 24.8 Å². The van der Waals surface area contributed by atoms with E-state index < -0.39 is 0 Å². The molecule has 1 unspecified atom stereocenters. The van der Waals surface area contributed by atoms with Crippen molar-refractivity contribution in [1.29, 1.82) is 0 Å². The molecule has 0 heterocycles. The van der Waals surface area contributed by atoms with E-state index in [1.807, 2.05) is 6.07 Å². The predicted octanol–water partition coefficient (Wildman–Crippen LogP) is 3.27. The molecule has 0 bridgehead atoms. The largest absolute Gasteiger partial charge is 0.504 e. The Morgan fingerprint density at radius 1 is 1.21 bits per heavy atom. The molecule has 3 rings (SSSR count). The Kier molecular flexibility index (Phi) is 5.38. The molecule has 1 aliphatic carbocycles. The van der Waals surface area contributed by atoms with Crippen LogP contribution < -0.4 is 4.74 Å². The maximum atomic E-state index is 10.0. The van der Waals surface area contributed by atoms with Crippen LogP contribution in [0.1, 0.15) is 35.6 Å². The first-order chi connectivity index (χ1) is 11.7. The van der Waals surface area contributed by atoms with Crippen molar-refractivity contribution in [1.82, 2.24) is 4.90 Å². The number of phenolic OH excluding ortho intramolecular Hbond substituents is 1. The van der Waals surface area contributed by atoms with Gasteiger partial charge in [-0.3, -0.25) is 4.90 Å². The summed E-state index contributed by atoms with van der Waals surface area (Å²) in [6.45, 7) is 1.43. The van der Waals surface area contributed by atoms with E-state index in [0.29, 0.717) is 24.9 Å². The normalized spacial score (nSPS) is 16.9. The zero-order valence-electron chi connectivity index (χ0n) is 14.1. The zero-order valence-corrected chi connectivity index (χ0v) is 14.1. The molecule has 0 saturated heterocycles. The van der Waals surface area contributed by atoms with Crippen LogP contribution in [0.4, 0.5) is 0 Å². The molecule has 2 N–H and O–H groups in total. The number of ether oxygens (including phenoxy) is 1. The summed E-state index contributed by atoms with van der Waals surface area (Å²) in [6.07, 6.45) is 3.39. The van der Waals surface area contributed by atoms with Gasteiger partial charge in [0, 0.05) is 19.1 Å². The van der Waals surface area contributed by atoms with Gasteiger partial charge in [-0.25, -0.2) is 0 Å². The molecule has 2 aromatic carbocycles. The number of rotatable bonds is 6. The van der Waals surface area contributed by atoms with Crippen LogP contribution in [-0.2, 0) is 13.0 Å². The van der Waals surface area contributed by atoms with Gasteiger partial charge < -0.3 is 14.9 Å². The van der Waals surface area contributed by atoms with E-state index in [1.165, 1.54) is 11.1 Å². The minimum atomic E-state index is 0.126. The molecule has 4 nitrogen and oxygen atoms in total. The number of nitrogens with zero attached hydrogens (tertiary/aromatic N) is 1. The average Bonchev–Trinajstić information content (AvgIpc) is 2.61. The van der Waals surface area contributed by atoms with Crippen LogP contribution >= 0.6 is 0 Å². The lowest BCUT2D eigenvalue weighted by molar-refractivity contribution is 0.131. The SMILES string of the molecule is COc1ccc(CN(CCO)C2CCCc3ccccc32)cc1O. The van der Waals surface area contributed by atoms with Crippen LogP contribution in [-0.4, -0.2) is 35.4 Å². The second kappa shape index (κ2) is 7.69. The highest BCUT2D eigenvalue weighted by Gasteiger charge is 2.25. The number of phenols is 1. The van der Waals surface area contributed by atoms with Gasteiger partial charge in [-0.1, -0.05) is 30.3 Å². The highest BCUT2D eigenvalue weighted by molar-refractivity contribution is 5.41. The molecule has 1 aliphatic rings. The Morgan fingerprint density at radius 3 is 2.79 bits per heavy atom. The number of hydrogen-bond acceptors (Lipinski definition) is 4. The van der Waals surface area contributed by atoms with E-state index in [9.17, 15) is 10.2 Å². The molecule has 0 aliphatic heterocycles. The van der Waals surface area contributed by atoms with Gasteiger partial charge in [0.15, 0.2) is 11.5 Å². The van der Waals surface area contributed by atoms with E-state index in [2.05, 4.69) is 29.2 Å². The van der Waals surface area contributed by atoms with Crippen LogP contribution in [0.5, 0.6) is 11.5 Å². The van der Waals surface area contributed by atoms with Gasteiger partial charge in [-0.05, 0) is 48.1 Å². The molecule has 128 valence electrons. The van der Waals surface area contributed by atoms with Crippen molar-refractivity contribution in [2.45, 2.75) is 31.8 Å². The number of aromatic hydroxyl groups is 1. The summed E-state index contributed by atoms with van der Waals surface area (Å²) < 4.78 is 5.11. The second-order valence-electron chi connectivity index (χ2n) is 6.31. The zero-order chi connectivity index (χ0) is 16.9. The Labute approximate surface area is 143 Å². The van der Waals surface area contributed by atoms with E-state index in [4.69, 9.17) is 4.74 Å². The quantitative estimate of drug-likeness (QED) is 0.855. The topological polar surface area (TPSA) is 52.9 Å². The number of methoxy groups -OCH3 is 1. The van der Waals surface area contributed by atoms with Gasteiger partial charge in [0.2, 0.25) is 0 Å². The monoisotopic (exact) mass is 327 g/mol. The first-order valence-corrected chi connectivity index (χ1v) is 8.51. The number of aryl methyl sites for hydroxylation is 1. The standard InChI is InChI=1S/C20H25NO3/c1-24-20-10-9-15(13-19(20)23)14-21(11-12-22)18-8-4-6-16-5-2-3-7-17(16)18/h2-3,5,7,9-10,13,18,22-23H,4,6,8,11-12,14H2,1H3. The average molecular weight is 327 g/mol. The van der Waals surface area contributed by atoms with Crippen LogP contribution in [0, 0.1) is 0 Å². The predicted molar refractivity (Wildman–Crippen MR) is 94.3 cm³/mol. The molecule has 0 aromatic heterocycles. The van der Waals surface area contributed by atoms with Crippen molar-refractivity contribution in [3.05, 3.63) is 59.2 Å². The highest BCUT2D eigenvalue weighted by atomic mass is 16.5. The first-order valence-electron chi connectivity index (χ1n) is 8.51. The Bertz CT molecular complexity index is 686. The molecule has 2 aromatic rings. The van der Waals surface area contributed by atoms with E-state index >= 15 is 0 Å². The molecule has 0 amide bonds.